The number of nitrogens with zero attached hydrogens (tertiary/aromatic N) is 1. The molecular weight excluding hydrogens is 216 g/mol. The van der Waals surface area contributed by atoms with Gasteiger partial charge in [0.25, 0.3) is 0 Å². The molecule has 0 radical (unpaired) electrons. The number of pyridine rings is 1. The predicted octanol–water partition coefficient (Wildman–Crippen LogP) is 1.32. The fraction of sp³-hybridized carbons (Fsp3) is 0.308. The Kier molecular flexibility index (Phi) is 3.90. The van der Waals surface area contributed by atoms with Crippen LogP contribution in [0.4, 0.5) is 0 Å². The highest BCUT2D eigenvalue weighted by Gasteiger charge is 2.02. The topological polar surface area (TPSA) is 68.4 Å². The maximum absolute atomic E-state index is 9.29. The van der Waals surface area contributed by atoms with Crippen LogP contribution in [0.2, 0.25) is 0 Å². The first-order valence-corrected chi connectivity index (χ1v) is 5.65. The van der Waals surface area contributed by atoms with E-state index in [1.165, 1.54) is 0 Å². The summed E-state index contributed by atoms with van der Waals surface area (Å²) in [5.41, 5.74) is 6.26. The van der Waals surface area contributed by atoms with E-state index in [1.54, 1.807) is 6.20 Å². The lowest BCUT2D eigenvalue weighted by Gasteiger charge is -2.09. The van der Waals surface area contributed by atoms with Crippen LogP contribution < -0.4 is 10.5 Å². The first kappa shape index (κ1) is 11.8. The van der Waals surface area contributed by atoms with Crippen LogP contribution >= 0.6 is 0 Å². The molecule has 17 heavy (non-hydrogen) atoms. The molecule has 0 bridgehead atoms. The molecule has 0 aliphatic rings. The molecular formula is C13H16N2O2. The number of aromatic nitrogens is 1. The number of hydrogen-bond acceptors (Lipinski definition) is 4. The van der Waals surface area contributed by atoms with Gasteiger partial charge in [-0.2, -0.15) is 0 Å². The summed E-state index contributed by atoms with van der Waals surface area (Å²) in [6, 6.07) is 9.62. The van der Waals surface area contributed by atoms with Crippen LogP contribution in [0.25, 0.3) is 10.9 Å². The maximum atomic E-state index is 9.29. The van der Waals surface area contributed by atoms with Crippen molar-refractivity contribution in [3.8, 4) is 5.75 Å². The molecule has 1 heterocycles. The lowest BCUT2D eigenvalue weighted by atomic mass is 10.2. The molecule has 1 aromatic heterocycles. The molecule has 3 N–H and O–H groups in total. The van der Waals surface area contributed by atoms with Crippen molar-refractivity contribution in [2.24, 2.45) is 5.73 Å². The average molecular weight is 232 g/mol. The summed E-state index contributed by atoms with van der Waals surface area (Å²) < 4.78 is 5.54. The molecule has 4 heteroatoms. The minimum atomic E-state index is -0.489. The molecule has 0 saturated carbocycles. The number of aliphatic hydroxyl groups is 1. The van der Waals surface area contributed by atoms with Gasteiger partial charge >= 0.3 is 0 Å². The van der Waals surface area contributed by atoms with Gasteiger partial charge in [-0.05, 0) is 24.3 Å². The Morgan fingerprint density at radius 3 is 3.06 bits per heavy atom. The number of rotatable bonds is 5. The lowest BCUT2D eigenvalue weighted by molar-refractivity contribution is 0.146. The second-order valence-corrected chi connectivity index (χ2v) is 3.88. The molecule has 4 nitrogen and oxygen atoms in total. The fourth-order valence-electron chi connectivity index (χ4n) is 1.57. The van der Waals surface area contributed by atoms with Gasteiger partial charge in [-0.3, -0.25) is 4.98 Å². The minimum absolute atomic E-state index is 0.269. The van der Waals surface area contributed by atoms with E-state index in [2.05, 4.69) is 4.98 Å². The van der Waals surface area contributed by atoms with Crippen molar-refractivity contribution in [3.05, 3.63) is 36.5 Å². The van der Waals surface area contributed by atoms with Crippen LogP contribution in [0.3, 0.4) is 0 Å². The largest absolute Gasteiger partial charge is 0.493 e. The third-order valence-electron chi connectivity index (χ3n) is 2.57. The number of ether oxygens (including phenoxy) is 1. The molecule has 0 aliphatic carbocycles. The van der Waals surface area contributed by atoms with E-state index >= 15 is 0 Å². The van der Waals surface area contributed by atoms with E-state index in [4.69, 9.17) is 10.5 Å². The van der Waals surface area contributed by atoms with E-state index in [1.807, 2.05) is 30.3 Å². The van der Waals surface area contributed by atoms with Gasteiger partial charge in [-0.1, -0.05) is 6.07 Å². The van der Waals surface area contributed by atoms with Crippen LogP contribution in [0.15, 0.2) is 36.5 Å². The van der Waals surface area contributed by atoms with E-state index in [9.17, 15) is 5.11 Å². The second kappa shape index (κ2) is 5.61. The third-order valence-corrected chi connectivity index (χ3v) is 2.57. The molecule has 0 saturated heterocycles. The highest BCUT2D eigenvalue weighted by Crippen LogP contribution is 2.18. The minimum Gasteiger partial charge on any atom is -0.493 e. The zero-order chi connectivity index (χ0) is 12.1. The van der Waals surface area contributed by atoms with Crippen molar-refractivity contribution in [1.29, 1.82) is 0 Å². The average Bonchev–Trinajstić information content (AvgIpc) is 2.38. The number of fused-ring (bicyclic) bond motifs is 1. The first-order valence-electron chi connectivity index (χ1n) is 5.65. The lowest BCUT2D eigenvalue weighted by Crippen LogP contribution is -2.21. The molecule has 0 fully saturated rings. The van der Waals surface area contributed by atoms with E-state index in [-0.39, 0.29) is 6.54 Å². The van der Waals surface area contributed by atoms with Crippen molar-refractivity contribution < 1.29 is 9.84 Å². The summed E-state index contributed by atoms with van der Waals surface area (Å²) in [5.74, 6) is 0.787. The molecule has 1 unspecified atom stereocenters. The molecule has 0 aliphatic heterocycles. The van der Waals surface area contributed by atoms with Gasteiger partial charge in [0, 0.05) is 24.5 Å². The monoisotopic (exact) mass is 232 g/mol. The van der Waals surface area contributed by atoms with Gasteiger partial charge in [0.15, 0.2) is 0 Å². The van der Waals surface area contributed by atoms with Crippen LogP contribution in [0.5, 0.6) is 5.75 Å². The zero-order valence-corrected chi connectivity index (χ0v) is 9.54. The molecule has 2 aromatic rings. The van der Waals surface area contributed by atoms with Crippen LogP contribution in [0.1, 0.15) is 6.42 Å². The number of benzene rings is 1. The summed E-state index contributed by atoms with van der Waals surface area (Å²) in [4.78, 5) is 4.23. The Morgan fingerprint density at radius 1 is 1.35 bits per heavy atom. The maximum Gasteiger partial charge on any atom is 0.120 e. The van der Waals surface area contributed by atoms with Gasteiger partial charge in [-0.15, -0.1) is 0 Å². The van der Waals surface area contributed by atoms with E-state index < -0.39 is 6.10 Å². The smallest absolute Gasteiger partial charge is 0.120 e. The Morgan fingerprint density at radius 2 is 2.24 bits per heavy atom. The first-order chi connectivity index (χ1) is 8.29. The SMILES string of the molecule is NCC(O)CCOc1ccc2ncccc2c1. The Balaban J connectivity index is 1.99. The number of hydrogen-bond donors (Lipinski definition) is 2. The molecule has 2 rings (SSSR count). The van der Waals surface area contributed by atoms with Crippen molar-refractivity contribution in [2.75, 3.05) is 13.2 Å². The van der Waals surface area contributed by atoms with Crippen molar-refractivity contribution in [3.63, 3.8) is 0 Å². The molecule has 1 atom stereocenters. The molecule has 0 spiro atoms. The fourth-order valence-corrected chi connectivity index (χ4v) is 1.57. The van der Waals surface area contributed by atoms with Crippen molar-refractivity contribution in [2.45, 2.75) is 12.5 Å². The van der Waals surface area contributed by atoms with Crippen molar-refractivity contribution in [1.82, 2.24) is 4.98 Å². The molecule has 1 aromatic carbocycles. The summed E-state index contributed by atoms with van der Waals surface area (Å²) in [5, 5.41) is 10.3. The molecule has 0 amide bonds. The van der Waals surface area contributed by atoms with E-state index in [0.29, 0.717) is 13.0 Å². The van der Waals surface area contributed by atoms with Gasteiger partial charge in [0.05, 0.1) is 18.2 Å². The Labute approximate surface area is 100 Å². The Bertz CT molecular complexity index is 488. The van der Waals surface area contributed by atoms with E-state index in [0.717, 1.165) is 16.7 Å². The Hall–Kier alpha value is -1.65. The third kappa shape index (κ3) is 3.15. The summed E-state index contributed by atoms with van der Waals surface area (Å²) in [6.45, 7) is 0.731. The van der Waals surface area contributed by atoms with Gasteiger partial charge in [-0.25, -0.2) is 0 Å². The van der Waals surface area contributed by atoms with Gasteiger partial charge in [0.1, 0.15) is 5.75 Å². The molecule has 90 valence electrons. The summed E-state index contributed by atoms with van der Waals surface area (Å²) in [6.07, 6.45) is 1.82. The van der Waals surface area contributed by atoms with Gasteiger partial charge < -0.3 is 15.6 Å². The summed E-state index contributed by atoms with van der Waals surface area (Å²) in [7, 11) is 0. The highest BCUT2D eigenvalue weighted by molar-refractivity contribution is 5.79. The summed E-state index contributed by atoms with van der Waals surface area (Å²) >= 11 is 0. The van der Waals surface area contributed by atoms with Crippen LogP contribution in [0, 0.1) is 0 Å². The van der Waals surface area contributed by atoms with Crippen LogP contribution in [-0.4, -0.2) is 29.3 Å². The van der Waals surface area contributed by atoms with Crippen LogP contribution in [-0.2, 0) is 0 Å². The quantitative estimate of drug-likeness (QED) is 0.816. The number of nitrogens with two attached hydrogens (primary N) is 1. The zero-order valence-electron chi connectivity index (χ0n) is 9.54. The highest BCUT2D eigenvalue weighted by atomic mass is 16.5. The predicted molar refractivity (Wildman–Crippen MR) is 66.9 cm³/mol. The van der Waals surface area contributed by atoms with Crippen molar-refractivity contribution >= 4 is 10.9 Å². The van der Waals surface area contributed by atoms with Gasteiger partial charge in [0.2, 0.25) is 0 Å². The second-order valence-electron chi connectivity index (χ2n) is 3.88. The normalized spacial score (nSPS) is 12.6. The standard InChI is InChI=1S/C13H16N2O2/c14-9-11(16)5-7-17-12-3-4-13-10(8-12)2-1-6-15-13/h1-4,6,8,11,16H,5,7,9,14H2. The number of aliphatic hydroxyl groups excluding tert-OH is 1.